The van der Waals surface area contributed by atoms with Crippen molar-refractivity contribution in [2.24, 2.45) is 0 Å². The van der Waals surface area contributed by atoms with Crippen molar-refractivity contribution in [2.45, 2.75) is 53.6 Å². The average Bonchev–Trinajstić information content (AvgIpc) is 3.15. The number of nitrogens with one attached hydrogen (secondary N) is 1. The molecule has 0 aliphatic rings. The van der Waals surface area contributed by atoms with Gasteiger partial charge in [-0.2, -0.15) is 0 Å². The lowest BCUT2D eigenvalue weighted by molar-refractivity contribution is 0.0767. The van der Waals surface area contributed by atoms with Gasteiger partial charge in [0, 0.05) is 30.2 Å². The molecule has 0 aliphatic heterocycles. The number of aryl methyl sites for hydroxylation is 1. The van der Waals surface area contributed by atoms with E-state index in [1.54, 1.807) is 15.2 Å². The normalized spacial score (nSPS) is 10.8. The molecule has 1 N–H and O–H groups in total. The van der Waals surface area contributed by atoms with Gasteiger partial charge in [-0.25, -0.2) is 9.78 Å². The third-order valence-electron chi connectivity index (χ3n) is 4.65. The summed E-state index contributed by atoms with van der Waals surface area (Å²) < 4.78 is 0. The van der Waals surface area contributed by atoms with Gasteiger partial charge >= 0.3 is 6.03 Å². The van der Waals surface area contributed by atoms with Crippen molar-refractivity contribution in [3.05, 3.63) is 45.9 Å². The fourth-order valence-corrected chi connectivity index (χ4v) is 3.69. The van der Waals surface area contributed by atoms with Gasteiger partial charge < -0.3 is 15.1 Å². The van der Waals surface area contributed by atoms with E-state index in [-0.39, 0.29) is 18.0 Å². The predicted octanol–water partition coefficient (Wildman–Crippen LogP) is 4.63. The molecule has 28 heavy (non-hydrogen) atoms. The van der Waals surface area contributed by atoms with E-state index < -0.39 is 0 Å². The van der Waals surface area contributed by atoms with Crippen molar-refractivity contribution < 1.29 is 9.59 Å². The highest BCUT2D eigenvalue weighted by Gasteiger charge is 2.22. The standard InChI is InChI=1S/C21H30N4O2S/c1-6-16-11-9-10-12-17(16)23-21(27)25(15(4)5)13-19-22-18(14-28-19)20(26)24(7-2)8-3/h9-12,14-15H,6-8,13H2,1-5H3,(H,23,27). The van der Waals surface area contributed by atoms with E-state index >= 15 is 0 Å². The maximum atomic E-state index is 12.9. The number of carbonyl (C=O) groups is 2. The Balaban J connectivity index is 2.13. The van der Waals surface area contributed by atoms with Gasteiger partial charge in [0.05, 0.1) is 6.54 Å². The summed E-state index contributed by atoms with van der Waals surface area (Å²) in [6.45, 7) is 11.6. The van der Waals surface area contributed by atoms with E-state index in [4.69, 9.17) is 0 Å². The molecule has 2 aromatic rings. The molecule has 1 aromatic carbocycles. The molecule has 0 spiro atoms. The Kier molecular flexibility index (Phi) is 7.99. The Hall–Kier alpha value is -2.41. The van der Waals surface area contributed by atoms with Crippen molar-refractivity contribution in [3.8, 4) is 0 Å². The van der Waals surface area contributed by atoms with Crippen LogP contribution >= 0.6 is 11.3 Å². The van der Waals surface area contributed by atoms with Gasteiger partial charge in [-0.05, 0) is 45.7 Å². The summed E-state index contributed by atoms with van der Waals surface area (Å²) >= 11 is 1.41. The quantitative estimate of drug-likeness (QED) is 0.700. The van der Waals surface area contributed by atoms with Crippen LogP contribution in [0.25, 0.3) is 0 Å². The van der Waals surface area contributed by atoms with Crippen LogP contribution in [0.4, 0.5) is 10.5 Å². The molecule has 0 unspecified atom stereocenters. The topological polar surface area (TPSA) is 65.5 Å². The Bertz CT molecular complexity index is 799. The minimum Gasteiger partial charge on any atom is -0.338 e. The van der Waals surface area contributed by atoms with E-state index in [2.05, 4.69) is 17.2 Å². The van der Waals surface area contributed by atoms with Gasteiger partial charge in [-0.1, -0.05) is 25.1 Å². The molecule has 7 heteroatoms. The first-order chi connectivity index (χ1) is 13.4. The van der Waals surface area contributed by atoms with Gasteiger partial charge in [0.1, 0.15) is 10.7 Å². The Morgan fingerprint density at radius 1 is 1.14 bits per heavy atom. The number of anilines is 1. The number of para-hydroxylation sites is 1. The molecule has 1 aromatic heterocycles. The van der Waals surface area contributed by atoms with E-state index in [0.717, 1.165) is 22.7 Å². The highest BCUT2D eigenvalue weighted by Crippen LogP contribution is 2.19. The van der Waals surface area contributed by atoms with Crippen LogP contribution in [0, 0.1) is 0 Å². The third-order valence-corrected chi connectivity index (χ3v) is 5.48. The van der Waals surface area contributed by atoms with Gasteiger partial charge in [0.25, 0.3) is 5.91 Å². The number of hydrogen-bond acceptors (Lipinski definition) is 4. The largest absolute Gasteiger partial charge is 0.338 e. The van der Waals surface area contributed by atoms with Crippen molar-refractivity contribution in [3.63, 3.8) is 0 Å². The van der Waals surface area contributed by atoms with Crippen LogP contribution in [-0.2, 0) is 13.0 Å². The predicted molar refractivity (Wildman–Crippen MR) is 115 cm³/mol. The van der Waals surface area contributed by atoms with Gasteiger partial charge in [-0.15, -0.1) is 11.3 Å². The van der Waals surface area contributed by atoms with Crippen molar-refractivity contribution in [2.75, 3.05) is 18.4 Å². The fraction of sp³-hybridized carbons (Fsp3) is 0.476. The molecular formula is C21H30N4O2S. The van der Waals surface area contributed by atoms with E-state index in [0.29, 0.717) is 25.3 Å². The lowest BCUT2D eigenvalue weighted by Gasteiger charge is -2.26. The lowest BCUT2D eigenvalue weighted by Crippen LogP contribution is -2.39. The van der Waals surface area contributed by atoms with Crippen LogP contribution in [0.15, 0.2) is 29.6 Å². The molecule has 152 valence electrons. The fourth-order valence-electron chi connectivity index (χ4n) is 2.93. The minimum atomic E-state index is -0.164. The maximum absolute atomic E-state index is 12.9. The number of nitrogens with zero attached hydrogens (tertiary/aromatic N) is 3. The molecule has 6 nitrogen and oxygen atoms in total. The number of thiazole rings is 1. The number of benzene rings is 1. The molecule has 0 saturated heterocycles. The van der Waals surface area contributed by atoms with Crippen LogP contribution in [0.1, 0.15) is 55.7 Å². The van der Waals surface area contributed by atoms with E-state index in [9.17, 15) is 9.59 Å². The number of urea groups is 1. The molecule has 0 radical (unpaired) electrons. The second-order valence-corrected chi connectivity index (χ2v) is 7.71. The van der Waals surface area contributed by atoms with E-state index in [1.165, 1.54) is 11.3 Å². The summed E-state index contributed by atoms with van der Waals surface area (Å²) in [5.74, 6) is -0.0649. The second kappa shape index (κ2) is 10.2. The van der Waals surface area contributed by atoms with Gasteiger partial charge in [0.15, 0.2) is 0 Å². The van der Waals surface area contributed by atoms with Gasteiger partial charge in [-0.3, -0.25) is 4.79 Å². The monoisotopic (exact) mass is 402 g/mol. The third kappa shape index (κ3) is 5.32. The maximum Gasteiger partial charge on any atom is 0.322 e. The number of carbonyl (C=O) groups excluding carboxylic acids is 2. The molecule has 2 rings (SSSR count). The molecule has 0 aliphatic carbocycles. The average molecular weight is 403 g/mol. The van der Waals surface area contributed by atoms with Crippen LogP contribution in [0.2, 0.25) is 0 Å². The minimum absolute atomic E-state index is 0.000350. The zero-order valence-electron chi connectivity index (χ0n) is 17.4. The summed E-state index contributed by atoms with van der Waals surface area (Å²) in [7, 11) is 0. The SMILES string of the molecule is CCc1ccccc1NC(=O)N(Cc1nc(C(=O)N(CC)CC)cs1)C(C)C. The van der Waals surface area contributed by atoms with Crippen molar-refractivity contribution >= 4 is 29.0 Å². The summed E-state index contributed by atoms with van der Waals surface area (Å²) in [4.78, 5) is 33.3. The Morgan fingerprint density at radius 2 is 1.82 bits per heavy atom. The van der Waals surface area contributed by atoms with Crippen LogP contribution < -0.4 is 5.32 Å². The van der Waals surface area contributed by atoms with E-state index in [1.807, 2.05) is 52.0 Å². The Labute approximate surface area is 171 Å². The smallest absolute Gasteiger partial charge is 0.322 e. The molecular weight excluding hydrogens is 372 g/mol. The molecule has 0 fully saturated rings. The molecule has 0 atom stereocenters. The highest BCUT2D eigenvalue weighted by atomic mass is 32.1. The number of rotatable bonds is 8. The summed E-state index contributed by atoms with van der Waals surface area (Å²) in [5.41, 5.74) is 2.38. The van der Waals surface area contributed by atoms with Crippen molar-refractivity contribution in [1.29, 1.82) is 0 Å². The number of hydrogen-bond donors (Lipinski definition) is 1. The summed E-state index contributed by atoms with van der Waals surface area (Å²) in [5, 5.41) is 5.55. The highest BCUT2D eigenvalue weighted by molar-refractivity contribution is 7.09. The molecule has 0 bridgehead atoms. The van der Waals surface area contributed by atoms with Crippen LogP contribution in [-0.4, -0.2) is 45.9 Å². The first-order valence-corrected chi connectivity index (χ1v) is 10.7. The molecule has 1 heterocycles. The zero-order valence-corrected chi connectivity index (χ0v) is 18.2. The number of aromatic nitrogens is 1. The second-order valence-electron chi connectivity index (χ2n) is 6.77. The molecule has 0 saturated carbocycles. The lowest BCUT2D eigenvalue weighted by atomic mass is 10.1. The molecule has 3 amide bonds. The van der Waals surface area contributed by atoms with Crippen molar-refractivity contribution in [1.82, 2.24) is 14.8 Å². The Morgan fingerprint density at radius 3 is 2.43 bits per heavy atom. The van der Waals surface area contributed by atoms with Crippen LogP contribution in [0.5, 0.6) is 0 Å². The summed E-state index contributed by atoms with van der Waals surface area (Å²) in [6.07, 6.45) is 0.849. The zero-order chi connectivity index (χ0) is 20.7. The first-order valence-electron chi connectivity index (χ1n) is 9.80. The number of amides is 3. The van der Waals surface area contributed by atoms with Gasteiger partial charge in [0.2, 0.25) is 0 Å². The summed E-state index contributed by atoms with van der Waals surface area (Å²) in [6, 6.07) is 7.65. The first kappa shape index (κ1) is 21.9. The van der Waals surface area contributed by atoms with Crippen LogP contribution in [0.3, 0.4) is 0 Å².